The van der Waals surface area contributed by atoms with Gasteiger partial charge in [0, 0.05) is 17.7 Å². The predicted octanol–water partition coefficient (Wildman–Crippen LogP) is 2.50. The van der Waals surface area contributed by atoms with Crippen molar-refractivity contribution in [3.63, 3.8) is 0 Å². The number of carbonyl (C=O) groups excluding carboxylic acids is 2. The van der Waals surface area contributed by atoms with Gasteiger partial charge in [0.05, 0.1) is 24.4 Å². The van der Waals surface area contributed by atoms with E-state index in [-0.39, 0.29) is 28.8 Å². The van der Waals surface area contributed by atoms with E-state index in [4.69, 9.17) is 21.9 Å². The van der Waals surface area contributed by atoms with Crippen molar-refractivity contribution in [1.82, 2.24) is 5.32 Å². The minimum Gasteiger partial charge on any atom is -0.496 e. The third-order valence-electron chi connectivity index (χ3n) is 5.69. The first-order chi connectivity index (χ1) is 16.6. The lowest BCUT2D eigenvalue weighted by atomic mass is 10.0. The van der Waals surface area contributed by atoms with Crippen LogP contribution in [0.5, 0.6) is 5.75 Å². The summed E-state index contributed by atoms with van der Waals surface area (Å²) in [5.41, 5.74) is 15.7. The second-order valence-corrected chi connectivity index (χ2v) is 8.06. The van der Waals surface area contributed by atoms with Gasteiger partial charge in [0.2, 0.25) is 0 Å². The monoisotopic (exact) mass is 489 g/mol. The van der Waals surface area contributed by atoms with Crippen molar-refractivity contribution >= 4 is 23.3 Å². The van der Waals surface area contributed by atoms with E-state index in [1.807, 2.05) is 0 Å². The van der Waals surface area contributed by atoms with Gasteiger partial charge in [-0.15, -0.1) is 0 Å². The Hall–Kier alpha value is -4.02. The van der Waals surface area contributed by atoms with Crippen molar-refractivity contribution in [3.8, 4) is 5.75 Å². The van der Waals surface area contributed by atoms with Crippen LogP contribution in [0.4, 0.5) is 13.2 Å². The molecule has 0 radical (unpaired) electrons. The minimum absolute atomic E-state index is 0.0959. The molecular formula is C24H26F3N5O3. The molecule has 0 aliphatic heterocycles. The number of hydrogen-bond donors (Lipinski definition) is 4. The van der Waals surface area contributed by atoms with Crippen LogP contribution in [0.15, 0.2) is 40.9 Å². The predicted molar refractivity (Wildman–Crippen MR) is 125 cm³/mol. The average molecular weight is 489 g/mol. The van der Waals surface area contributed by atoms with Crippen molar-refractivity contribution < 1.29 is 27.5 Å². The molecule has 2 amide bonds. The van der Waals surface area contributed by atoms with Crippen LogP contribution >= 0.6 is 0 Å². The molecule has 1 saturated carbocycles. The molecule has 0 atom stereocenters. The highest BCUT2D eigenvalue weighted by atomic mass is 19.1. The highest BCUT2D eigenvalue weighted by Crippen LogP contribution is 2.25. The van der Waals surface area contributed by atoms with E-state index in [9.17, 15) is 22.8 Å². The first-order valence-corrected chi connectivity index (χ1v) is 10.9. The quantitative estimate of drug-likeness (QED) is 0.256. The molecule has 0 spiro atoms. The molecule has 0 bridgehead atoms. The van der Waals surface area contributed by atoms with E-state index in [1.165, 1.54) is 13.2 Å². The minimum atomic E-state index is -1.03. The Morgan fingerprint density at radius 3 is 2.34 bits per heavy atom. The largest absolute Gasteiger partial charge is 0.496 e. The van der Waals surface area contributed by atoms with E-state index in [1.54, 1.807) is 0 Å². The van der Waals surface area contributed by atoms with E-state index < -0.39 is 52.6 Å². The molecule has 7 N–H and O–H groups in total. The number of primary amides is 1. The van der Waals surface area contributed by atoms with Gasteiger partial charge < -0.3 is 27.3 Å². The molecule has 0 unspecified atom stereocenters. The zero-order chi connectivity index (χ0) is 25.7. The first kappa shape index (κ1) is 25.6. The summed E-state index contributed by atoms with van der Waals surface area (Å²) in [4.78, 5) is 28.7. The molecule has 186 valence electrons. The van der Waals surface area contributed by atoms with Crippen LogP contribution in [0.3, 0.4) is 0 Å². The number of nitrogens with one attached hydrogen (secondary N) is 1. The SMILES string of the molecule is COc1ccc(F)cc1C(=O)NCc1cc(F)c(C(N)=C(C(N)=O)C(N)=NC2CCCC2)cc1F. The zero-order valence-corrected chi connectivity index (χ0v) is 19.0. The lowest BCUT2D eigenvalue weighted by Crippen LogP contribution is -2.30. The van der Waals surface area contributed by atoms with Crippen LogP contribution < -0.4 is 27.3 Å². The lowest BCUT2D eigenvalue weighted by Gasteiger charge is -2.14. The Bertz CT molecular complexity index is 1210. The second-order valence-electron chi connectivity index (χ2n) is 8.06. The lowest BCUT2D eigenvalue weighted by molar-refractivity contribution is -0.114. The van der Waals surface area contributed by atoms with Crippen molar-refractivity contribution in [3.05, 3.63) is 70.0 Å². The molecule has 8 nitrogen and oxygen atoms in total. The molecule has 0 aromatic heterocycles. The number of carbonyl (C=O) groups is 2. The van der Waals surface area contributed by atoms with Gasteiger partial charge in [-0.3, -0.25) is 14.6 Å². The number of amidine groups is 1. The fourth-order valence-corrected chi connectivity index (χ4v) is 3.88. The maximum atomic E-state index is 14.9. The van der Waals surface area contributed by atoms with Crippen LogP contribution in [0, 0.1) is 17.5 Å². The maximum Gasteiger partial charge on any atom is 0.255 e. The number of halogens is 3. The molecule has 2 aromatic rings. The summed E-state index contributed by atoms with van der Waals surface area (Å²) < 4.78 is 48.2. The molecule has 1 fully saturated rings. The van der Waals surface area contributed by atoms with E-state index in [0.29, 0.717) is 0 Å². The summed E-state index contributed by atoms with van der Waals surface area (Å²) in [6.07, 6.45) is 3.52. The van der Waals surface area contributed by atoms with Crippen LogP contribution in [-0.4, -0.2) is 30.8 Å². The van der Waals surface area contributed by atoms with Crippen LogP contribution in [0.1, 0.15) is 47.2 Å². The van der Waals surface area contributed by atoms with Gasteiger partial charge in [-0.25, -0.2) is 13.2 Å². The number of nitrogens with zero attached hydrogens (tertiary/aromatic N) is 1. The second kappa shape index (κ2) is 10.9. The molecule has 1 aliphatic carbocycles. The summed E-state index contributed by atoms with van der Waals surface area (Å²) in [5, 5.41) is 2.38. The number of ether oxygens (including phenoxy) is 1. The fourth-order valence-electron chi connectivity index (χ4n) is 3.88. The van der Waals surface area contributed by atoms with Crippen molar-refractivity contribution in [2.45, 2.75) is 38.3 Å². The molecule has 3 rings (SSSR count). The Kier molecular flexibility index (Phi) is 8.00. The number of rotatable bonds is 8. The van der Waals surface area contributed by atoms with Gasteiger partial charge in [0.25, 0.3) is 11.8 Å². The average Bonchev–Trinajstić information content (AvgIpc) is 3.31. The summed E-state index contributed by atoms with van der Waals surface area (Å²) in [5.74, 6) is -4.45. The van der Waals surface area contributed by atoms with Gasteiger partial charge in [-0.05, 0) is 43.2 Å². The molecule has 1 aliphatic rings. The van der Waals surface area contributed by atoms with Crippen LogP contribution in [-0.2, 0) is 11.3 Å². The van der Waals surface area contributed by atoms with Gasteiger partial charge >= 0.3 is 0 Å². The Labute approximate surface area is 200 Å². The number of nitrogens with two attached hydrogens (primary N) is 3. The van der Waals surface area contributed by atoms with Crippen molar-refractivity contribution in [2.24, 2.45) is 22.2 Å². The topological polar surface area (TPSA) is 146 Å². The summed E-state index contributed by atoms with van der Waals surface area (Å²) in [7, 11) is 1.31. The summed E-state index contributed by atoms with van der Waals surface area (Å²) in [6, 6.07) is 4.85. The molecule has 11 heteroatoms. The van der Waals surface area contributed by atoms with E-state index in [0.717, 1.165) is 49.9 Å². The highest BCUT2D eigenvalue weighted by molar-refractivity contribution is 6.24. The normalized spacial score (nSPS) is 15.0. The van der Waals surface area contributed by atoms with Crippen molar-refractivity contribution in [1.29, 1.82) is 0 Å². The molecule has 2 aromatic carbocycles. The zero-order valence-electron chi connectivity index (χ0n) is 19.0. The Balaban J connectivity index is 1.86. The molecular weight excluding hydrogens is 463 g/mol. The molecule has 0 saturated heterocycles. The van der Waals surface area contributed by atoms with Crippen molar-refractivity contribution in [2.75, 3.05) is 7.11 Å². The number of amides is 2. The number of aliphatic imine (C=N–C) groups is 1. The maximum absolute atomic E-state index is 14.9. The fraction of sp³-hybridized carbons (Fsp3) is 0.292. The van der Waals surface area contributed by atoms with Gasteiger partial charge in [0.1, 0.15) is 34.6 Å². The molecule has 0 heterocycles. The van der Waals surface area contributed by atoms with Crippen LogP contribution in [0.25, 0.3) is 5.70 Å². The van der Waals surface area contributed by atoms with Gasteiger partial charge in [-0.1, -0.05) is 12.8 Å². The third kappa shape index (κ3) is 5.92. The van der Waals surface area contributed by atoms with E-state index in [2.05, 4.69) is 10.3 Å². The van der Waals surface area contributed by atoms with E-state index >= 15 is 0 Å². The Morgan fingerprint density at radius 2 is 1.71 bits per heavy atom. The number of benzene rings is 2. The third-order valence-corrected chi connectivity index (χ3v) is 5.69. The van der Waals surface area contributed by atoms with Crippen LogP contribution in [0.2, 0.25) is 0 Å². The molecule has 35 heavy (non-hydrogen) atoms. The summed E-state index contributed by atoms with van der Waals surface area (Å²) in [6.45, 7) is -0.418. The van der Waals surface area contributed by atoms with Gasteiger partial charge in [0.15, 0.2) is 0 Å². The number of methoxy groups -OCH3 is 1. The standard InChI is InChI=1S/C24H26F3N5O3/c1-35-19-7-6-13(25)9-16(19)24(34)31-11-12-8-18(27)15(10-17(12)26)21(28)20(23(30)33)22(29)32-14-4-2-3-5-14/h6-10,14H,2-5,11,28H2,1H3,(H2,29,32)(H2,30,33)(H,31,34). The first-order valence-electron chi connectivity index (χ1n) is 10.9. The number of hydrogen-bond acceptors (Lipinski definition) is 5. The summed E-state index contributed by atoms with van der Waals surface area (Å²) >= 11 is 0. The Morgan fingerprint density at radius 1 is 1.03 bits per heavy atom. The highest BCUT2D eigenvalue weighted by Gasteiger charge is 2.23. The smallest absolute Gasteiger partial charge is 0.255 e. The van der Waals surface area contributed by atoms with Gasteiger partial charge in [-0.2, -0.15) is 0 Å².